The van der Waals surface area contributed by atoms with Gasteiger partial charge >= 0.3 is 0 Å². The fourth-order valence-corrected chi connectivity index (χ4v) is 9.76. The van der Waals surface area contributed by atoms with Gasteiger partial charge in [-0.05, 0) is 91.1 Å². The summed E-state index contributed by atoms with van der Waals surface area (Å²) in [4.78, 5) is 72.1. The summed E-state index contributed by atoms with van der Waals surface area (Å²) in [5.74, 6) is -0.939. The number of carbonyl (C=O) groups is 4. The van der Waals surface area contributed by atoms with Crippen LogP contribution in [0.2, 0.25) is 0 Å². The van der Waals surface area contributed by atoms with E-state index in [9.17, 15) is 24.3 Å². The number of hydrogen-bond donors (Lipinski definition) is 3. The third kappa shape index (κ3) is 8.45. The minimum atomic E-state index is -1.09. The number of aromatic hydroxyl groups is 1. The van der Waals surface area contributed by atoms with Crippen molar-refractivity contribution >= 4 is 34.5 Å². The average Bonchev–Trinajstić information content (AvgIpc) is 4.04. The van der Waals surface area contributed by atoms with Gasteiger partial charge < -0.3 is 29.2 Å². The third-order valence-corrected chi connectivity index (χ3v) is 12.9. The molecule has 3 aromatic heterocycles. The van der Waals surface area contributed by atoms with Crippen molar-refractivity contribution in [3.8, 4) is 28.1 Å². The minimum Gasteiger partial charge on any atom is -0.508 e. The van der Waals surface area contributed by atoms with Gasteiger partial charge in [0.05, 0.1) is 17.8 Å². The molecule has 4 amide bonds. The molecule has 6 heterocycles. The molecule has 2 fully saturated rings. The quantitative estimate of drug-likeness (QED) is 0.164. The third-order valence-electron chi connectivity index (χ3n) is 12.9. The number of likely N-dealkylation sites (N-methyl/N-ethyl adjacent to an activating group) is 1. The number of benzene rings is 2. The molecule has 0 radical (unpaired) electrons. The van der Waals surface area contributed by atoms with Crippen LogP contribution < -0.4 is 10.7 Å². The minimum absolute atomic E-state index is 0.0184. The van der Waals surface area contributed by atoms with Crippen LogP contribution in [0.1, 0.15) is 82.7 Å². The van der Waals surface area contributed by atoms with E-state index >= 15 is 0 Å². The lowest BCUT2D eigenvalue weighted by Gasteiger charge is -2.36. The summed E-state index contributed by atoms with van der Waals surface area (Å²) >= 11 is 0. The number of hydrazine groups is 1. The molecular formula is C48H57N9O6. The zero-order valence-electron chi connectivity index (χ0n) is 36.9. The average molecular weight is 856 g/mol. The van der Waals surface area contributed by atoms with Crippen LogP contribution in [-0.4, -0.2) is 102 Å². The molecular weight excluding hydrogens is 799 g/mol. The molecule has 0 spiro atoms. The van der Waals surface area contributed by atoms with Crippen LogP contribution in [0.3, 0.4) is 0 Å². The van der Waals surface area contributed by atoms with Crippen LogP contribution in [0.15, 0.2) is 78.4 Å². The first kappa shape index (κ1) is 43.3. The highest BCUT2D eigenvalue weighted by Gasteiger charge is 2.40. The highest BCUT2D eigenvalue weighted by atomic mass is 16.4. The molecule has 15 heteroatoms. The highest BCUT2D eigenvalue weighted by Crippen LogP contribution is 2.41. The van der Waals surface area contributed by atoms with Crippen LogP contribution in [0.4, 0.5) is 0 Å². The van der Waals surface area contributed by atoms with Gasteiger partial charge in [-0.15, -0.1) is 0 Å². The molecule has 5 aromatic rings. The van der Waals surface area contributed by atoms with Crippen molar-refractivity contribution in [2.24, 2.45) is 11.8 Å². The molecule has 15 nitrogen and oxygen atoms in total. The Hall–Kier alpha value is -6.35. The molecule has 0 aliphatic carbocycles. The van der Waals surface area contributed by atoms with Crippen molar-refractivity contribution < 1.29 is 28.7 Å². The van der Waals surface area contributed by atoms with Crippen LogP contribution in [0.25, 0.3) is 33.3 Å². The molecule has 3 aliphatic rings. The summed E-state index contributed by atoms with van der Waals surface area (Å²) in [5.41, 5.74) is 9.13. The summed E-state index contributed by atoms with van der Waals surface area (Å²) in [5, 5.41) is 16.9. The van der Waals surface area contributed by atoms with Gasteiger partial charge in [0.1, 0.15) is 36.0 Å². The van der Waals surface area contributed by atoms with Crippen molar-refractivity contribution in [3.63, 3.8) is 0 Å². The van der Waals surface area contributed by atoms with E-state index in [0.29, 0.717) is 62.5 Å². The second kappa shape index (κ2) is 17.4. The Kier molecular flexibility index (Phi) is 12.0. The molecule has 63 heavy (non-hydrogen) atoms. The Morgan fingerprint density at radius 1 is 1.06 bits per heavy atom. The van der Waals surface area contributed by atoms with Gasteiger partial charge in [0.2, 0.25) is 23.6 Å². The Balaban J connectivity index is 1.21. The number of phenolic OH excluding ortho intramolecular Hbond substituents is 1. The van der Waals surface area contributed by atoms with Crippen molar-refractivity contribution in [2.45, 2.75) is 96.8 Å². The van der Waals surface area contributed by atoms with Gasteiger partial charge in [0.25, 0.3) is 5.91 Å². The predicted molar refractivity (Wildman–Crippen MR) is 238 cm³/mol. The van der Waals surface area contributed by atoms with E-state index in [-0.39, 0.29) is 42.4 Å². The predicted octanol–water partition coefficient (Wildman–Crippen LogP) is 5.73. The second-order valence-electron chi connectivity index (χ2n) is 18.1. The first-order valence-electron chi connectivity index (χ1n) is 21.9. The normalized spacial score (nSPS) is 20.4. The summed E-state index contributed by atoms with van der Waals surface area (Å²) < 4.78 is 8.89. The van der Waals surface area contributed by atoms with Gasteiger partial charge in [-0.2, -0.15) is 0 Å². The maximum atomic E-state index is 14.8. The first-order chi connectivity index (χ1) is 30.2. The van der Waals surface area contributed by atoms with E-state index in [0.717, 1.165) is 38.9 Å². The lowest BCUT2D eigenvalue weighted by Crippen LogP contribution is -2.60. The number of likely N-dealkylation sites (tertiary alicyclic amines) is 1. The smallest absolute Gasteiger partial charge is 0.259 e. The molecule has 2 saturated heterocycles. The Morgan fingerprint density at radius 2 is 1.84 bits per heavy atom. The monoisotopic (exact) mass is 855 g/mol. The number of fused-ring (bicyclic) bond motifs is 9. The van der Waals surface area contributed by atoms with E-state index in [1.807, 2.05) is 38.4 Å². The number of nitrogens with zero attached hydrogens (tertiary/aromatic N) is 7. The van der Waals surface area contributed by atoms with Crippen molar-refractivity contribution in [2.75, 3.05) is 26.7 Å². The van der Waals surface area contributed by atoms with Gasteiger partial charge in [0, 0.05) is 73.9 Å². The molecule has 2 aromatic carbocycles. The lowest BCUT2D eigenvalue weighted by atomic mass is 9.82. The SMILES string of the molecule is C=CC(=O)N1CCC(C(=O)N(C)C(C(=O)N[C@H]2Cc3cc(O)cc(c3)-c3ccc4c(c3)c(c(-c3cncnc3)n4CC)CC(C)(C)c3cnc(o3)[C@@H]3CCCN(N3)C2=O)C(C)C)C1. The van der Waals surface area contributed by atoms with Crippen LogP contribution in [0.5, 0.6) is 5.75 Å². The highest BCUT2D eigenvalue weighted by molar-refractivity contribution is 5.96. The number of nitrogens with one attached hydrogen (secondary N) is 2. The maximum absolute atomic E-state index is 14.8. The van der Waals surface area contributed by atoms with E-state index in [1.54, 1.807) is 30.3 Å². The van der Waals surface area contributed by atoms with Crippen LogP contribution in [0, 0.1) is 11.8 Å². The number of phenols is 1. The van der Waals surface area contributed by atoms with Crippen molar-refractivity contribution in [1.29, 1.82) is 0 Å². The number of oxazole rings is 1. The number of hydrogen-bond acceptors (Lipinski definition) is 10. The van der Waals surface area contributed by atoms with Crippen LogP contribution >= 0.6 is 0 Å². The maximum Gasteiger partial charge on any atom is 0.259 e. The Labute approximate surface area is 367 Å². The van der Waals surface area contributed by atoms with E-state index in [2.05, 4.69) is 64.8 Å². The summed E-state index contributed by atoms with van der Waals surface area (Å²) in [6.07, 6.45) is 10.7. The zero-order valence-corrected chi connectivity index (χ0v) is 36.9. The van der Waals surface area contributed by atoms with Gasteiger partial charge in [0.15, 0.2) is 0 Å². The standard InChI is InChI=1S/C48H57N9O6/c1-8-41(59)55-16-14-31(26-55)46(61)54(7)42(28(3)4)44(60)52-38-19-29-17-32(20-34(58)18-29)30-12-13-39-35(21-30)36(43(56(39)9-2)33-23-49-27-50-24-33)22-48(5,6)40-25-51-45(63-40)37-11-10-15-57(53-37)47(38)62/h8,12-13,17-18,20-21,23-25,27-28,31,37-38,42,53,58H,1,9-11,14-16,19,22,26H2,2-7H3,(H,52,60)/t31?,37-,38-,42?/m0/s1. The molecule has 4 atom stereocenters. The molecule has 8 bridgehead atoms. The number of carbonyl (C=O) groups excluding carboxylic acids is 4. The molecule has 0 saturated carbocycles. The van der Waals surface area contributed by atoms with Crippen molar-refractivity contribution in [1.82, 2.24) is 45.1 Å². The number of aryl methyl sites for hydroxylation is 1. The Bertz CT molecular complexity index is 2560. The molecule has 330 valence electrons. The van der Waals surface area contributed by atoms with Gasteiger partial charge in [-0.25, -0.2) is 20.4 Å². The number of aromatic nitrogens is 4. The number of rotatable bonds is 8. The zero-order chi connectivity index (χ0) is 44.7. The van der Waals surface area contributed by atoms with Crippen LogP contribution in [-0.2, 0) is 44.0 Å². The fourth-order valence-electron chi connectivity index (χ4n) is 9.76. The molecule has 3 aliphatic heterocycles. The van der Waals surface area contributed by atoms with Crippen molar-refractivity contribution in [3.05, 3.63) is 96.7 Å². The van der Waals surface area contributed by atoms with Gasteiger partial charge in [-0.3, -0.25) is 24.2 Å². The molecule has 8 rings (SSSR count). The van der Waals surface area contributed by atoms with E-state index < -0.39 is 35.4 Å². The first-order valence-corrected chi connectivity index (χ1v) is 21.9. The fraction of sp³-hybridized carbons (Fsp3) is 0.438. The van der Waals surface area contributed by atoms with Gasteiger partial charge in [-0.1, -0.05) is 46.4 Å². The topological polar surface area (TPSA) is 179 Å². The molecule has 3 N–H and O–H groups in total. The van der Waals surface area contributed by atoms with E-state index in [1.165, 1.54) is 22.3 Å². The van der Waals surface area contributed by atoms with E-state index in [4.69, 9.17) is 9.40 Å². The number of amides is 4. The summed E-state index contributed by atoms with van der Waals surface area (Å²) in [6.45, 7) is 15.4. The second-order valence-corrected chi connectivity index (χ2v) is 18.1. The molecule has 2 unspecified atom stereocenters. The largest absolute Gasteiger partial charge is 0.508 e. The Morgan fingerprint density at radius 3 is 2.57 bits per heavy atom. The lowest BCUT2D eigenvalue weighted by molar-refractivity contribution is -0.146. The summed E-state index contributed by atoms with van der Waals surface area (Å²) in [6, 6.07) is 9.15. The summed E-state index contributed by atoms with van der Waals surface area (Å²) in [7, 11) is 1.61.